The number of allylic oxidation sites excluding steroid dienone is 2. The fourth-order valence-corrected chi connectivity index (χ4v) is 0.810. The molecule has 0 aliphatic heterocycles. The molecule has 0 aromatic rings. The summed E-state index contributed by atoms with van der Waals surface area (Å²) in [5, 5.41) is 0. The van der Waals surface area contributed by atoms with Gasteiger partial charge in [-0.3, -0.25) is 4.79 Å². The Balaban J connectivity index is 2.50. The van der Waals surface area contributed by atoms with Crippen molar-refractivity contribution in [3.05, 3.63) is 11.6 Å². The van der Waals surface area contributed by atoms with Crippen molar-refractivity contribution >= 4 is 5.78 Å². The van der Waals surface area contributed by atoms with Crippen molar-refractivity contribution in [2.24, 2.45) is 5.92 Å². The van der Waals surface area contributed by atoms with E-state index in [2.05, 4.69) is 0 Å². The summed E-state index contributed by atoms with van der Waals surface area (Å²) in [6.45, 7) is 3.80. The zero-order valence-corrected chi connectivity index (χ0v) is 5.98. The number of carbonyl (C=O) groups is 1. The van der Waals surface area contributed by atoms with Gasteiger partial charge in [0, 0.05) is 5.92 Å². The quantitative estimate of drug-likeness (QED) is 0.514. The van der Waals surface area contributed by atoms with Crippen LogP contribution in [0, 0.1) is 5.92 Å². The van der Waals surface area contributed by atoms with E-state index in [4.69, 9.17) is 0 Å². The van der Waals surface area contributed by atoms with Gasteiger partial charge in [0.2, 0.25) is 0 Å². The van der Waals surface area contributed by atoms with Crippen molar-refractivity contribution in [2.75, 3.05) is 0 Å². The van der Waals surface area contributed by atoms with Crippen molar-refractivity contribution < 1.29 is 4.79 Å². The predicted octanol–water partition coefficient (Wildman–Crippen LogP) is 1.93. The molecule has 1 heteroatoms. The number of hydrogen-bond donors (Lipinski definition) is 0. The largest absolute Gasteiger partial charge is 0.294 e. The van der Waals surface area contributed by atoms with E-state index in [1.807, 2.05) is 19.9 Å². The van der Waals surface area contributed by atoms with E-state index < -0.39 is 0 Å². The average molecular weight is 124 g/mol. The Morgan fingerprint density at radius 1 is 1.56 bits per heavy atom. The normalized spacial score (nSPS) is 20.0. The number of rotatable bonds is 2. The van der Waals surface area contributed by atoms with E-state index in [0.717, 1.165) is 18.4 Å². The van der Waals surface area contributed by atoms with Crippen molar-refractivity contribution in [1.82, 2.24) is 0 Å². The molecule has 9 heavy (non-hydrogen) atoms. The van der Waals surface area contributed by atoms with Gasteiger partial charge in [0.25, 0.3) is 0 Å². The highest BCUT2D eigenvalue weighted by Crippen LogP contribution is 2.31. The van der Waals surface area contributed by atoms with Crippen molar-refractivity contribution in [1.29, 1.82) is 0 Å². The van der Waals surface area contributed by atoms with Crippen LogP contribution in [0.3, 0.4) is 0 Å². The van der Waals surface area contributed by atoms with E-state index >= 15 is 0 Å². The van der Waals surface area contributed by atoms with Crippen LogP contribution in [0.2, 0.25) is 0 Å². The molecule has 1 rings (SSSR count). The van der Waals surface area contributed by atoms with Gasteiger partial charge < -0.3 is 0 Å². The van der Waals surface area contributed by atoms with Crippen LogP contribution >= 0.6 is 0 Å². The molecule has 0 saturated heterocycles. The molecule has 1 aliphatic rings. The minimum atomic E-state index is 0.359. The van der Waals surface area contributed by atoms with Crippen LogP contribution in [0.5, 0.6) is 0 Å². The van der Waals surface area contributed by atoms with Crippen LogP contribution in [-0.4, -0.2) is 5.78 Å². The van der Waals surface area contributed by atoms with Gasteiger partial charge in [-0.1, -0.05) is 6.08 Å². The lowest BCUT2D eigenvalue weighted by atomic mass is 10.1. The highest BCUT2D eigenvalue weighted by molar-refractivity contribution is 5.97. The second-order valence-corrected chi connectivity index (χ2v) is 2.61. The minimum Gasteiger partial charge on any atom is -0.294 e. The smallest absolute Gasteiger partial charge is 0.161 e. The third kappa shape index (κ3) is 1.41. The second kappa shape index (κ2) is 2.34. The Morgan fingerprint density at radius 2 is 2.11 bits per heavy atom. The Labute approximate surface area is 55.8 Å². The SMILES string of the molecule is CC=C(C)C(=O)C1CC1. The summed E-state index contributed by atoms with van der Waals surface area (Å²) in [4.78, 5) is 11.1. The Bertz CT molecular complexity index is 152. The topological polar surface area (TPSA) is 17.1 Å². The number of Topliss-reactive ketones (excluding diaryl/α,β-unsaturated/α-hetero) is 1. The maximum absolute atomic E-state index is 11.1. The van der Waals surface area contributed by atoms with Crippen LogP contribution < -0.4 is 0 Å². The lowest BCUT2D eigenvalue weighted by Gasteiger charge is -1.93. The summed E-state index contributed by atoms with van der Waals surface area (Å²) < 4.78 is 0. The number of hydrogen-bond acceptors (Lipinski definition) is 1. The van der Waals surface area contributed by atoms with Gasteiger partial charge in [0.1, 0.15) is 0 Å². The van der Waals surface area contributed by atoms with Crippen molar-refractivity contribution in [3.63, 3.8) is 0 Å². The molecular weight excluding hydrogens is 112 g/mol. The molecule has 1 nitrogen and oxygen atoms in total. The minimum absolute atomic E-state index is 0.359. The molecule has 1 aliphatic carbocycles. The first kappa shape index (κ1) is 6.53. The Hall–Kier alpha value is -0.590. The van der Waals surface area contributed by atoms with E-state index in [1.54, 1.807) is 0 Å². The lowest BCUT2D eigenvalue weighted by Crippen LogP contribution is -2.00. The molecule has 0 aromatic carbocycles. The fraction of sp³-hybridized carbons (Fsp3) is 0.625. The number of ketones is 1. The second-order valence-electron chi connectivity index (χ2n) is 2.61. The van der Waals surface area contributed by atoms with Gasteiger partial charge in [-0.15, -0.1) is 0 Å². The Kier molecular flexibility index (Phi) is 1.70. The standard InChI is InChI=1S/C8H12O/c1-3-6(2)8(9)7-4-5-7/h3,7H,4-5H2,1-2H3. The van der Waals surface area contributed by atoms with Gasteiger partial charge in [0.15, 0.2) is 5.78 Å². The summed E-state index contributed by atoms with van der Waals surface area (Å²) in [5.41, 5.74) is 0.928. The summed E-state index contributed by atoms with van der Waals surface area (Å²) in [6, 6.07) is 0. The first-order chi connectivity index (χ1) is 4.25. The average Bonchev–Trinajstić information content (AvgIpc) is 2.66. The molecule has 1 fully saturated rings. The fourth-order valence-electron chi connectivity index (χ4n) is 0.810. The zero-order valence-electron chi connectivity index (χ0n) is 5.98. The van der Waals surface area contributed by atoms with E-state index in [-0.39, 0.29) is 0 Å². The summed E-state index contributed by atoms with van der Waals surface area (Å²) in [6.07, 6.45) is 4.12. The zero-order chi connectivity index (χ0) is 6.85. The summed E-state index contributed by atoms with van der Waals surface area (Å²) in [5.74, 6) is 0.749. The van der Waals surface area contributed by atoms with Gasteiger partial charge in [0.05, 0.1) is 0 Å². The number of carbonyl (C=O) groups excluding carboxylic acids is 1. The first-order valence-corrected chi connectivity index (χ1v) is 3.43. The maximum Gasteiger partial charge on any atom is 0.161 e. The van der Waals surface area contributed by atoms with Crippen LogP contribution in [0.1, 0.15) is 26.7 Å². The van der Waals surface area contributed by atoms with Gasteiger partial charge >= 0.3 is 0 Å². The monoisotopic (exact) mass is 124 g/mol. The molecule has 0 spiro atoms. The lowest BCUT2D eigenvalue weighted by molar-refractivity contribution is -0.116. The van der Waals surface area contributed by atoms with E-state index in [1.165, 1.54) is 0 Å². The Morgan fingerprint density at radius 3 is 2.44 bits per heavy atom. The third-order valence-electron chi connectivity index (χ3n) is 1.77. The highest BCUT2D eigenvalue weighted by atomic mass is 16.1. The predicted molar refractivity (Wildman–Crippen MR) is 37.2 cm³/mol. The first-order valence-electron chi connectivity index (χ1n) is 3.43. The molecule has 0 unspecified atom stereocenters. The van der Waals surface area contributed by atoms with Gasteiger partial charge in [-0.25, -0.2) is 0 Å². The van der Waals surface area contributed by atoms with Gasteiger partial charge in [-0.2, -0.15) is 0 Å². The van der Waals surface area contributed by atoms with Crippen LogP contribution in [0.15, 0.2) is 11.6 Å². The molecule has 0 amide bonds. The molecule has 0 radical (unpaired) electrons. The molecule has 0 heterocycles. The van der Waals surface area contributed by atoms with Crippen LogP contribution in [-0.2, 0) is 4.79 Å². The third-order valence-corrected chi connectivity index (χ3v) is 1.77. The van der Waals surface area contributed by atoms with Crippen LogP contribution in [0.4, 0.5) is 0 Å². The molecule has 0 N–H and O–H groups in total. The summed E-state index contributed by atoms with van der Waals surface area (Å²) >= 11 is 0. The van der Waals surface area contributed by atoms with Crippen molar-refractivity contribution in [3.8, 4) is 0 Å². The molecule has 0 bridgehead atoms. The molecular formula is C8H12O. The van der Waals surface area contributed by atoms with Crippen LogP contribution in [0.25, 0.3) is 0 Å². The van der Waals surface area contributed by atoms with E-state index in [9.17, 15) is 4.79 Å². The maximum atomic E-state index is 11.1. The van der Waals surface area contributed by atoms with Crippen molar-refractivity contribution in [2.45, 2.75) is 26.7 Å². The molecule has 0 atom stereocenters. The summed E-state index contributed by atoms with van der Waals surface area (Å²) in [7, 11) is 0. The molecule has 1 saturated carbocycles. The highest BCUT2D eigenvalue weighted by Gasteiger charge is 2.29. The van der Waals surface area contributed by atoms with E-state index in [0.29, 0.717) is 11.7 Å². The molecule has 0 aromatic heterocycles. The van der Waals surface area contributed by atoms with Gasteiger partial charge in [-0.05, 0) is 32.3 Å². The molecule has 50 valence electrons.